The Hall–Kier alpha value is -2.90. The van der Waals surface area contributed by atoms with Crippen molar-refractivity contribution >= 4 is 22.8 Å². The van der Waals surface area contributed by atoms with Gasteiger partial charge in [-0.3, -0.25) is 14.4 Å². The number of carboxylic acids is 1. The highest BCUT2D eigenvalue weighted by Crippen LogP contribution is 2.15. The fraction of sp³-hybridized carbons (Fsp3) is 0.333. The number of para-hydroxylation sites is 1. The minimum Gasteiger partial charge on any atom is -0.480 e. The first-order chi connectivity index (χ1) is 10.8. The van der Waals surface area contributed by atoms with Crippen LogP contribution in [-0.4, -0.2) is 33.1 Å². The van der Waals surface area contributed by atoms with E-state index >= 15 is 0 Å². The second kappa shape index (κ2) is 6.47. The van der Waals surface area contributed by atoms with Crippen LogP contribution in [0.5, 0.6) is 0 Å². The molecule has 0 saturated heterocycles. The topological polar surface area (TPSA) is 121 Å². The SMILES string of the molecule is CC(C)C(C(=O)NCC(=O)O)n1c(=O)[nH]c2ccccc2c1=O. The number of nitrogens with one attached hydrogen (secondary N) is 2. The number of hydrogen-bond donors (Lipinski definition) is 3. The Morgan fingerprint density at radius 3 is 2.52 bits per heavy atom. The van der Waals surface area contributed by atoms with Gasteiger partial charge in [-0.15, -0.1) is 0 Å². The van der Waals surface area contributed by atoms with E-state index in [9.17, 15) is 19.2 Å². The number of carbonyl (C=O) groups excluding carboxylic acids is 1. The number of aromatic nitrogens is 2. The van der Waals surface area contributed by atoms with Crippen LogP contribution in [0.3, 0.4) is 0 Å². The molecule has 1 aromatic carbocycles. The molecule has 0 bridgehead atoms. The number of carbonyl (C=O) groups is 2. The zero-order valence-electron chi connectivity index (χ0n) is 12.7. The number of aromatic amines is 1. The molecule has 1 aromatic heterocycles. The highest BCUT2D eigenvalue weighted by Gasteiger charge is 2.28. The van der Waals surface area contributed by atoms with Gasteiger partial charge in [-0.2, -0.15) is 0 Å². The first-order valence-electron chi connectivity index (χ1n) is 7.06. The molecule has 2 aromatic rings. The van der Waals surface area contributed by atoms with Crippen LogP contribution in [0, 0.1) is 5.92 Å². The van der Waals surface area contributed by atoms with Gasteiger partial charge >= 0.3 is 11.7 Å². The van der Waals surface area contributed by atoms with Crippen LogP contribution >= 0.6 is 0 Å². The fourth-order valence-corrected chi connectivity index (χ4v) is 2.41. The van der Waals surface area contributed by atoms with E-state index in [0.717, 1.165) is 4.57 Å². The Labute approximate surface area is 130 Å². The minimum atomic E-state index is -1.21. The van der Waals surface area contributed by atoms with E-state index in [4.69, 9.17) is 5.11 Å². The van der Waals surface area contributed by atoms with Crippen LogP contribution < -0.4 is 16.6 Å². The summed E-state index contributed by atoms with van der Waals surface area (Å²) in [6.07, 6.45) is 0. The minimum absolute atomic E-state index is 0.281. The maximum atomic E-state index is 12.6. The highest BCUT2D eigenvalue weighted by atomic mass is 16.4. The average molecular weight is 319 g/mol. The van der Waals surface area contributed by atoms with Gasteiger partial charge in [0, 0.05) is 0 Å². The number of rotatable bonds is 5. The smallest absolute Gasteiger partial charge is 0.329 e. The summed E-state index contributed by atoms with van der Waals surface area (Å²) in [7, 11) is 0. The van der Waals surface area contributed by atoms with Crippen molar-refractivity contribution in [3.05, 3.63) is 45.1 Å². The Kier molecular flexibility index (Phi) is 4.63. The van der Waals surface area contributed by atoms with Gasteiger partial charge in [0.15, 0.2) is 0 Å². The molecule has 0 saturated carbocycles. The van der Waals surface area contributed by atoms with E-state index in [-0.39, 0.29) is 11.3 Å². The molecule has 8 nitrogen and oxygen atoms in total. The van der Waals surface area contributed by atoms with Gasteiger partial charge in [0.2, 0.25) is 5.91 Å². The molecule has 2 rings (SSSR count). The molecule has 0 aliphatic heterocycles. The Balaban J connectivity index is 2.58. The van der Waals surface area contributed by atoms with E-state index in [0.29, 0.717) is 5.52 Å². The Morgan fingerprint density at radius 1 is 1.26 bits per heavy atom. The standard InChI is InChI=1S/C15H17N3O5/c1-8(2)12(13(21)16-7-11(19)20)18-14(22)9-5-3-4-6-10(9)17-15(18)23/h3-6,8,12H,7H2,1-2H3,(H,16,21)(H,17,23)(H,19,20). The van der Waals surface area contributed by atoms with Crippen LogP contribution in [0.2, 0.25) is 0 Å². The molecular formula is C15H17N3O5. The summed E-state index contributed by atoms with van der Waals surface area (Å²) in [5.41, 5.74) is -0.918. The van der Waals surface area contributed by atoms with Crippen molar-refractivity contribution < 1.29 is 14.7 Å². The predicted octanol–water partition coefficient (Wildman–Crippen LogP) is 0.0877. The van der Waals surface area contributed by atoms with Crippen LogP contribution in [0.4, 0.5) is 0 Å². The summed E-state index contributed by atoms with van der Waals surface area (Å²) in [4.78, 5) is 50.2. The summed E-state index contributed by atoms with van der Waals surface area (Å²) >= 11 is 0. The van der Waals surface area contributed by atoms with Gasteiger partial charge in [0.25, 0.3) is 5.56 Å². The van der Waals surface area contributed by atoms with Crippen molar-refractivity contribution in [3.8, 4) is 0 Å². The Morgan fingerprint density at radius 2 is 1.91 bits per heavy atom. The quantitative estimate of drug-likeness (QED) is 0.721. The third-order valence-corrected chi connectivity index (χ3v) is 3.43. The number of hydrogen-bond acceptors (Lipinski definition) is 4. The number of fused-ring (bicyclic) bond motifs is 1. The number of amides is 1. The van der Waals surface area contributed by atoms with Crippen molar-refractivity contribution in [2.24, 2.45) is 5.92 Å². The molecule has 1 atom stereocenters. The monoisotopic (exact) mass is 319 g/mol. The number of aliphatic carboxylic acids is 1. The van der Waals surface area contributed by atoms with Gasteiger partial charge < -0.3 is 15.4 Å². The molecule has 0 aliphatic rings. The van der Waals surface area contributed by atoms with Gasteiger partial charge in [0.05, 0.1) is 10.9 Å². The normalized spacial score (nSPS) is 12.3. The molecule has 23 heavy (non-hydrogen) atoms. The van der Waals surface area contributed by atoms with Gasteiger partial charge in [-0.05, 0) is 18.1 Å². The summed E-state index contributed by atoms with van der Waals surface area (Å²) in [6, 6.07) is 5.38. The molecule has 0 fully saturated rings. The maximum Gasteiger partial charge on any atom is 0.329 e. The van der Waals surface area contributed by atoms with Crippen molar-refractivity contribution in [3.63, 3.8) is 0 Å². The molecule has 3 N–H and O–H groups in total. The Bertz CT molecular complexity index is 865. The third-order valence-electron chi connectivity index (χ3n) is 3.43. The molecular weight excluding hydrogens is 302 g/mol. The average Bonchev–Trinajstić information content (AvgIpc) is 2.48. The van der Waals surface area contributed by atoms with Gasteiger partial charge in [-0.1, -0.05) is 26.0 Å². The molecule has 1 heterocycles. The van der Waals surface area contributed by atoms with Crippen molar-refractivity contribution in [2.45, 2.75) is 19.9 Å². The first kappa shape index (κ1) is 16.5. The number of benzene rings is 1. The lowest BCUT2D eigenvalue weighted by Gasteiger charge is -2.21. The van der Waals surface area contributed by atoms with E-state index < -0.39 is 35.7 Å². The van der Waals surface area contributed by atoms with Crippen molar-refractivity contribution in [2.75, 3.05) is 6.54 Å². The van der Waals surface area contributed by atoms with E-state index in [1.807, 2.05) is 0 Å². The summed E-state index contributed by atoms with van der Waals surface area (Å²) in [6.45, 7) is 2.76. The molecule has 8 heteroatoms. The van der Waals surface area contributed by atoms with Crippen LogP contribution in [0.15, 0.2) is 33.9 Å². The van der Waals surface area contributed by atoms with Crippen LogP contribution in [-0.2, 0) is 9.59 Å². The zero-order chi connectivity index (χ0) is 17.1. The summed E-state index contributed by atoms with van der Waals surface area (Å²) < 4.78 is 0.837. The lowest BCUT2D eigenvalue weighted by molar-refractivity contribution is -0.138. The molecule has 122 valence electrons. The van der Waals surface area contributed by atoms with E-state index in [1.54, 1.807) is 38.1 Å². The number of nitrogens with zero attached hydrogens (tertiary/aromatic N) is 1. The molecule has 1 amide bonds. The second-order valence-electron chi connectivity index (χ2n) is 5.45. The zero-order valence-corrected chi connectivity index (χ0v) is 12.7. The summed E-state index contributed by atoms with van der Waals surface area (Å²) in [5, 5.41) is 11.1. The highest BCUT2D eigenvalue weighted by molar-refractivity contribution is 5.85. The van der Waals surface area contributed by atoms with Crippen LogP contribution in [0.1, 0.15) is 19.9 Å². The molecule has 1 unspecified atom stereocenters. The van der Waals surface area contributed by atoms with Crippen molar-refractivity contribution in [1.82, 2.24) is 14.9 Å². The lowest BCUT2D eigenvalue weighted by atomic mass is 10.0. The third kappa shape index (κ3) is 3.31. The fourth-order valence-electron chi connectivity index (χ4n) is 2.41. The number of carboxylic acid groups (broad SMARTS) is 1. The molecule has 0 radical (unpaired) electrons. The predicted molar refractivity (Wildman–Crippen MR) is 83.3 cm³/mol. The van der Waals surface area contributed by atoms with E-state index in [2.05, 4.69) is 10.3 Å². The second-order valence-corrected chi connectivity index (χ2v) is 5.45. The van der Waals surface area contributed by atoms with E-state index in [1.165, 1.54) is 0 Å². The maximum absolute atomic E-state index is 12.6. The van der Waals surface area contributed by atoms with Gasteiger partial charge in [-0.25, -0.2) is 9.36 Å². The lowest BCUT2D eigenvalue weighted by Crippen LogP contribution is -2.47. The summed E-state index contributed by atoms with van der Waals surface area (Å²) in [5.74, 6) is -2.28. The molecule has 0 spiro atoms. The first-order valence-corrected chi connectivity index (χ1v) is 7.06. The van der Waals surface area contributed by atoms with Crippen molar-refractivity contribution in [1.29, 1.82) is 0 Å². The largest absolute Gasteiger partial charge is 0.480 e. The van der Waals surface area contributed by atoms with Crippen LogP contribution in [0.25, 0.3) is 10.9 Å². The number of H-pyrrole nitrogens is 1. The molecule has 0 aliphatic carbocycles. The van der Waals surface area contributed by atoms with Gasteiger partial charge in [0.1, 0.15) is 12.6 Å².